The van der Waals surface area contributed by atoms with Gasteiger partial charge in [-0.25, -0.2) is 0 Å². The molecule has 0 saturated carbocycles. The first kappa shape index (κ1) is 10.6. The largest absolute Gasteiger partial charge is 0.497 e. The Bertz CT molecular complexity index is 440. The van der Waals surface area contributed by atoms with Crippen LogP contribution >= 0.6 is 0 Å². The van der Waals surface area contributed by atoms with Crippen LogP contribution in [0.25, 0.3) is 11.4 Å². The molecule has 0 aromatic carbocycles. The van der Waals surface area contributed by atoms with Crippen LogP contribution in [0.5, 0.6) is 5.75 Å². The second-order valence-electron chi connectivity index (χ2n) is 3.29. The Morgan fingerprint density at radius 3 is 2.50 bits per heavy atom. The second kappa shape index (κ2) is 4.72. The van der Waals surface area contributed by atoms with E-state index in [1.165, 1.54) is 0 Å². The highest BCUT2D eigenvalue weighted by Crippen LogP contribution is 2.19. The predicted molar refractivity (Wildman–Crippen MR) is 59.9 cm³/mol. The molecule has 0 spiro atoms. The van der Waals surface area contributed by atoms with Crippen molar-refractivity contribution in [2.45, 2.75) is 6.61 Å². The van der Waals surface area contributed by atoms with Gasteiger partial charge in [0.05, 0.1) is 25.1 Å². The van der Waals surface area contributed by atoms with E-state index in [1.807, 2.05) is 12.1 Å². The summed E-state index contributed by atoms with van der Waals surface area (Å²) in [7, 11) is 1.61. The lowest BCUT2D eigenvalue weighted by Gasteiger charge is -2.04. The first-order valence-electron chi connectivity index (χ1n) is 4.89. The number of ether oxygens (including phenoxy) is 1. The number of hydrogen-bond donors (Lipinski definition) is 1. The van der Waals surface area contributed by atoms with Crippen LogP contribution in [-0.2, 0) is 6.61 Å². The molecule has 0 radical (unpaired) electrons. The van der Waals surface area contributed by atoms with Crippen LogP contribution in [-0.4, -0.2) is 22.2 Å². The number of rotatable bonds is 3. The van der Waals surface area contributed by atoms with Gasteiger partial charge >= 0.3 is 0 Å². The minimum Gasteiger partial charge on any atom is -0.497 e. The van der Waals surface area contributed by atoms with E-state index in [0.29, 0.717) is 0 Å². The number of aliphatic hydroxyl groups excluding tert-OH is 1. The van der Waals surface area contributed by atoms with Gasteiger partial charge in [0.1, 0.15) is 5.75 Å². The molecular formula is C12H12N2O2. The van der Waals surface area contributed by atoms with Gasteiger partial charge in [-0.05, 0) is 23.8 Å². The van der Waals surface area contributed by atoms with Crippen molar-refractivity contribution < 1.29 is 9.84 Å². The van der Waals surface area contributed by atoms with E-state index in [9.17, 15) is 0 Å². The van der Waals surface area contributed by atoms with Gasteiger partial charge in [0.25, 0.3) is 0 Å². The molecule has 0 fully saturated rings. The zero-order valence-electron chi connectivity index (χ0n) is 8.92. The van der Waals surface area contributed by atoms with E-state index >= 15 is 0 Å². The zero-order valence-corrected chi connectivity index (χ0v) is 8.92. The van der Waals surface area contributed by atoms with Crippen LogP contribution in [0.2, 0.25) is 0 Å². The topological polar surface area (TPSA) is 55.2 Å². The number of aliphatic hydroxyl groups is 1. The standard InChI is InChI=1S/C12H12N2O2/c1-16-10-3-5-14-12(7-10)11-6-9(8-15)2-4-13-11/h2-7,15H,8H2,1H3. The minimum atomic E-state index is -0.000507. The van der Waals surface area contributed by atoms with Gasteiger partial charge in [-0.3, -0.25) is 9.97 Å². The molecule has 2 rings (SSSR count). The highest BCUT2D eigenvalue weighted by atomic mass is 16.5. The van der Waals surface area contributed by atoms with Gasteiger partial charge < -0.3 is 9.84 Å². The average molecular weight is 216 g/mol. The molecule has 0 bridgehead atoms. The summed E-state index contributed by atoms with van der Waals surface area (Å²) in [5, 5.41) is 9.04. The van der Waals surface area contributed by atoms with E-state index < -0.39 is 0 Å². The molecule has 0 saturated heterocycles. The Morgan fingerprint density at radius 2 is 1.81 bits per heavy atom. The highest BCUT2D eigenvalue weighted by Gasteiger charge is 2.03. The summed E-state index contributed by atoms with van der Waals surface area (Å²) in [5.41, 5.74) is 2.27. The van der Waals surface area contributed by atoms with Crippen LogP contribution < -0.4 is 4.74 Å². The van der Waals surface area contributed by atoms with Gasteiger partial charge in [0.2, 0.25) is 0 Å². The SMILES string of the molecule is COc1ccnc(-c2cc(CO)ccn2)c1. The number of hydrogen-bond acceptors (Lipinski definition) is 4. The summed E-state index contributed by atoms with van der Waals surface area (Å²) < 4.78 is 5.12. The Morgan fingerprint density at radius 1 is 1.12 bits per heavy atom. The summed E-state index contributed by atoms with van der Waals surface area (Å²) in [4.78, 5) is 8.41. The molecule has 4 heteroatoms. The van der Waals surface area contributed by atoms with E-state index in [0.717, 1.165) is 22.7 Å². The molecule has 2 aromatic rings. The van der Waals surface area contributed by atoms with Crippen molar-refractivity contribution in [3.63, 3.8) is 0 Å². The highest BCUT2D eigenvalue weighted by molar-refractivity contribution is 5.56. The fourth-order valence-electron chi connectivity index (χ4n) is 1.39. The molecule has 0 aliphatic carbocycles. The van der Waals surface area contributed by atoms with Crippen LogP contribution in [0, 0.1) is 0 Å². The molecule has 2 heterocycles. The molecule has 1 N–H and O–H groups in total. The Labute approximate surface area is 93.6 Å². The third kappa shape index (κ3) is 2.17. The Balaban J connectivity index is 2.41. The molecular weight excluding hydrogens is 204 g/mol. The van der Waals surface area contributed by atoms with Gasteiger partial charge in [0, 0.05) is 18.5 Å². The fraction of sp³-hybridized carbons (Fsp3) is 0.167. The lowest BCUT2D eigenvalue weighted by atomic mass is 10.2. The summed E-state index contributed by atoms with van der Waals surface area (Å²) in [6.07, 6.45) is 3.32. The summed E-state index contributed by atoms with van der Waals surface area (Å²) in [5.74, 6) is 0.737. The normalized spacial score (nSPS) is 10.1. The summed E-state index contributed by atoms with van der Waals surface area (Å²) >= 11 is 0. The molecule has 4 nitrogen and oxygen atoms in total. The second-order valence-corrected chi connectivity index (χ2v) is 3.29. The Hall–Kier alpha value is -1.94. The van der Waals surface area contributed by atoms with Gasteiger partial charge in [0.15, 0.2) is 0 Å². The van der Waals surface area contributed by atoms with Crippen molar-refractivity contribution in [1.29, 1.82) is 0 Å². The van der Waals surface area contributed by atoms with E-state index in [2.05, 4.69) is 9.97 Å². The van der Waals surface area contributed by atoms with E-state index in [-0.39, 0.29) is 6.61 Å². The fourth-order valence-corrected chi connectivity index (χ4v) is 1.39. The summed E-state index contributed by atoms with van der Waals surface area (Å²) in [6, 6.07) is 7.16. The van der Waals surface area contributed by atoms with Gasteiger partial charge in [-0.1, -0.05) is 0 Å². The lowest BCUT2D eigenvalue weighted by molar-refractivity contribution is 0.282. The summed E-state index contributed by atoms with van der Waals surface area (Å²) in [6.45, 7) is -0.000507. The maximum atomic E-state index is 9.04. The van der Waals surface area contributed by atoms with Crippen LogP contribution in [0.3, 0.4) is 0 Å². The van der Waals surface area contributed by atoms with Gasteiger partial charge in [-0.15, -0.1) is 0 Å². The van der Waals surface area contributed by atoms with Crippen LogP contribution in [0.4, 0.5) is 0 Å². The number of pyridine rings is 2. The molecule has 16 heavy (non-hydrogen) atoms. The first-order valence-corrected chi connectivity index (χ1v) is 4.89. The number of methoxy groups -OCH3 is 1. The molecule has 82 valence electrons. The number of aromatic nitrogens is 2. The third-order valence-electron chi connectivity index (χ3n) is 2.24. The maximum absolute atomic E-state index is 9.04. The zero-order chi connectivity index (χ0) is 11.4. The lowest BCUT2D eigenvalue weighted by Crippen LogP contribution is -1.91. The Kier molecular flexibility index (Phi) is 3.12. The van der Waals surface area contributed by atoms with Gasteiger partial charge in [-0.2, -0.15) is 0 Å². The molecule has 0 aliphatic rings. The maximum Gasteiger partial charge on any atom is 0.122 e. The third-order valence-corrected chi connectivity index (χ3v) is 2.24. The first-order chi connectivity index (χ1) is 7.83. The minimum absolute atomic E-state index is 0.000507. The van der Waals surface area contributed by atoms with Crippen molar-refractivity contribution in [3.8, 4) is 17.1 Å². The van der Waals surface area contributed by atoms with Crippen molar-refractivity contribution in [2.75, 3.05) is 7.11 Å². The molecule has 0 unspecified atom stereocenters. The van der Waals surface area contributed by atoms with Crippen molar-refractivity contribution in [1.82, 2.24) is 9.97 Å². The van der Waals surface area contributed by atoms with E-state index in [1.54, 1.807) is 31.6 Å². The molecule has 2 aromatic heterocycles. The van der Waals surface area contributed by atoms with Crippen molar-refractivity contribution >= 4 is 0 Å². The molecule has 0 aliphatic heterocycles. The van der Waals surface area contributed by atoms with Crippen LogP contribution in [0.1, 0.15) is 5.56 Å². The van der Waals surface area contributed by atoms with E-state index in [4.69, 9.17) is 9.84 Å². The molecule has 0 atom stereocenters. The van der Waals surface area contributed by atoms with Crippen molar-refractivity contribution in [2.24, 2.45) is 0 Å². The smallest absolute Gasteiger partial charge is 0.122 e. The monoisotopic (exact) mass is 216 g/mol. The molecule has 0 amide bonds. The van der Waals surface area contributed by atoms with Crippen LogP contribution in [0.15, 0.2) is 36.7 Å². The predicted octanol–water partition coefficient (Wildman–Crippen LogP) is 1.64. The quantitative estimate of drug-likeness (QED) is 0.847. The average Bonchev–Trinajstić information content (AvgIpc) is 2.39. The number of nitrogens with zero attached hydrogens (tertiary/aromatic N) is 2. The van der Waals surface area contributed by atoms with Crippen molar-refractivity contribution in [3.05, 3.63) is 42.2 Å².